The molecule has 0 bridgehead atoms. The van der Waals surface area contributed by atoms with Crippen LogP contribution in [0.3, 0.4) is 0 Å². The maximum Gasteiger partial charge on any atom is 0.126 e. The zero-order valence-corrected chi connectivity index (χ0v) is 7.79. The average Bonchev–Trinajstić information content (AvgIpc) is 2.08. The Labute approximate surface area is 77.2 Å². The fourth-order valence-electron chi connectivity index (χ4n) is 1.15. The van der Waals surface area contributed by atoms with E-state index in [-0.39, 0.29) is 5.82 Å². The molecule has 3 heteroatoms. The predicted molar refractivity (Wildman–Crippen MR) is 49.7 cm³/mol. The number of nitrogens with two attached hydrogens (primary N) is 1. The van der Waals surface area contributed by atoms with Gasteiger partial charge in [-0.25, -0.2) is 4.39 Å². The lowest BCUT2D eigenvalue weighted by Crippen LogP contribution is -2.23. The molecule has 0 aliphatic heterocycles. The Hall–Kier alpha value is -0.930. The van der Waals surface area contributed by atoms with Gasteiger partial charge in [-0.1, -0.05) is 12.1 Å². The zero-order chi connectivity index (χ0) is 10.0. The number of benzene rings is 1. The Balaban J connectivity index is 2.97. The third kappa shape index (κ3) is 2.26. The fraction of sp³-hybridized carbons (Fsp3) is 0.400. The zero-order valence-electron chi connectivity index (χ0n) is 7.79. The second-order valence-corrected chi connectivity index (χ2v) is 3.28. The molecule has 0 aliphatic rings. The molecular formula is C10H14FNO. The van der Waals surface area contributed by atoms with Crippen molar-refractivity contribution in [3.05, 3.63) is 35.1 Å². The van der Waals surface area contributed by atoms with Crippen molar-refractivity contribution in [1.29, 1.82) is 0 Å². The Kier molecular flexibility index (Phi) is 3.01. The van der Waals surface area contributed by atoms with Crippen LogP contribution in [0.5, 0.6) is 0 Å². The summed E-state index contributed by atoms with van der Waals surface area (Å²) in [6, 6.07) is 4.18. The van der Waals surface area contributed by atoms with Gasteiger partial charge in [0, 0.05) is 0 Å². The molecule has 2 atom stereocenters. The molecular weight excluding hydrogens is 169 g/mol. The molecule has 1 rings (SSSR count). The highest BCUT2D eigenvalue weighted by Gasteiger charge is 2.12. The number of hydrogen-bond acceptors (Lipinski definition) is 2. The Morgan fingerprint density at radius 1 is 1.46 bits per heavy atom. The molecule has 1 aromatic carbocycles. The third-order valence-electron chi connectivity index (χ3n) is 2.09. The maximum absolute atomic E-state index is 12.9. The Bertz CT molecular complexity index is 299. The Morgan fingerprint density at radius 2 is 2.08 bits per heavy atom. The number of halogens is 1. The van der Waals surface area contributed by atoms with Crippen molar-refractivity contribution < 1.29 is 9.50 Å². The lowest BCUT2D eigenvalue weighted by Gasteiger charge is -2.15. The third-order valence-corrected chi connectivity index (χ3v) is 2.09. The average molecular weight is 183 g/mol. The van der Waals surface area contributed by atoms with Gasteiger partial charge in [-0.05, 0) is 31.0 Å². The highest BCUT2D eigenvalue weighted by Crippen LogP contribution is 2.17. The number of rotatable bonds is 2. The topological polar surface area (TPSA) is 46.2 Å². The van der Waals surface area contributed by atoms with Crippen LogP contribution in [0, 0.1) is 12.7 Å². The molecule has 0 unspecified atom stereocenters. The van der Waals surface area contributed by atoms with Crippen LogP contribution in [0.4, 0.5) is 4.39 Å². The lowest BCUT2D eigenvalue weighted by molar-refractivity contribution is 0.164. The highest BCUT2D eigenvalue weighted by molar-refractivity contribution is 5.26. The van der Waals surface area contributed by atoms with Gasteiger partial charge in [0.25, 0.3) is 0 Å². The van der Waals surface area contributed by atoms with Gasteiger partial charge in [0.2, 0.25) is 0 Å². The van der Waals surface area contributed by atoms with Crippen molar-refractivity contribution in [2.75, 3.05) is 0 Å². The monoisotopic (exact) mass is 183 g/mol. The summed E-state index contributed by atoms with van der Waals surface area (Å²) in [4.78, 5) is 0. The van der Waals surface area contributed by atoms with E-state index in [1.54, 1.807) is 26.0 Å². The van der Waals surface area contributed by atoms with Gasteiger partial charge in [0.1, 0.15) is 5.82 Å². The van der Waals surface area contributed by atoms with Crippen LogP contribution in [0.15, 0.2) is 18.2 Å². The number of aliphatic hydroxyl groups excluding tert-OH is 1. The molecule has 0 fully saturated rings. The van der Waals surface area contributed by atoms with E-state index in [1.165, 1.54) is 6.07 Å². The van der Waals surface area contributed by atoms with Crippen LogP contribution >= 0.6 is 0 Å². The summed E-state index contributed by atoms with van der Waals surface area (Å²) in [5.74, 6) is -0.249. The van der Waals surface area contributed by atoms with Crippen LogP contribution in [0.25, 0.3) is 0 Å². The van der Waals surface area contributed by atoms with Crippen molar-refractivity contribution in [2.45, 2.75) is 26.0 Å². The molecule has 0 saturated heterocycles. The van der Waals surface area contributed by atoms with E-state index < -0.39 is 12.1 Å². The first-order valence-electron chi connectivity index (χ1n) is 4.22. The summed E-state index contributed by atoms with van der Waals surface area (Å²) in [5.41, 5.74) is 6.99. The van der Waals surface area contributed by atoms with E-state index >= 15 is 0 Å². The summed E-state index contributed by atoms with van der Waals surface area (Å²) in [5, 5.41) is 9.22. The maximum atomic E-state index is 12.9. The molecule has 2 nitrogen and oxygen atoms in total. The second-order valence-electron chi connectivity index (χ2n) is 3.28. The van der Waals surface area contributed by atoms with Crippen molar-refractivity contribution >= 4 is 0 Å². The molecule has 1 aromatic rings. The van der Waals surface area contributed by atoms with Gasteiger partial charge in [0.15, 0.2) is 0 Å². The number of hydrogen-bond donors (Lipinski definition) is 2. The van der Waals surface area contributed by atoms with E-state index in [0.29, 0.717) is 5.56 Å². The molecule has 0 aliphatic carbocycles. The molecule has 0 amide bonds. The Morgan fingerprint density at radius 3 is 2.54 bits per heavy atom. The molecule has 0 saturated carbocycles. The fourth-order valence-corrected chi connectivity index (χ4v) is 1.15. The minimum Gasteiger partial charge on any atom is -0.391 e. The SMILES string of the molecule is Cc1cc([C@H](N)[C@H](C)O)ccc1F. The smallest absolute Gasteiger partial charge is 0.126 e. The van der Waals surface area contributed by atoms with Gasteiger partial charge in [-0.15, -0.1) is 0 Å². The van der Waals surface area contributed by atoms with Gasteiger partial charge < -0.3 is 10.8 Å². The summed E-state index contributed by atoms with van der Waals surface area (Å²) < 4.78 is 12.9. The minimum absolute atomic E-state index is 0.249. The van der Waals surface area contributed by atoms with Crippen molar-refractivity contribution in [3.8, 4) is 0 Å². The number of aryl methyl sites for hydroxylation is 1. The summed E-state index contributed by atoms with van der Waals surface area (Å²) in [6.07, 6.45) is -0.620. The van der Waals surface area contributed by atoms with Crippen LogP contribution < -0.4 is 5.73 Å². The summed E-state index contributed by atoms with van der Waals surface area (Å²) >= 11 is 0. The van der Waals surface area contributed by atoms with Crippen LogP contribution in [-0.2, 0) is 0 Å². The largest absolute Gasteiger partial charge is 0.391 e. The number of aliphatic hydroxyl groups is 1. The van der Waals surface area contributed by atoms with E-state index in [0.717, 1.165) is 5.56 Å². The van der Waals surface area contributed by atoms with Gasteiger partial charge in [0.05, 0.1) is 12.1 Å². The summed E-state index contributed by atoms with van der Waals surface area (Å²) in [7, 11) is 0. The van der Waals surface area contributed by atoms with E-state index in [2.05, 4.69) is 0 Å². The molecule has 72 valence electrons. The van der Waals surface area contributed by atoms with Crippen LogP contribution in [0.2, 0.25) is 0 Å². The highest BCUT2D eigenvalue weighted by atomic mass is 19.1. The first kappa shape index (κ1) is 10.2. The minimum atomic E-state index is -0.620. The van der Waals surface area contributed by atoms with Crippen molar-refractivity contribution in [3.63, 3.8) is 0 Å². The quantitative estimate of drug-likeness (QED) is 0.730. The van der Waals surface area contributed by atoms with Crippen molar-refractivity contribution in [1.82, 2.24) is 0 Å². The molecule has 0 aromatic heterocycles. The molecule has 0 spiro atoms. The van der Waals surface area contributed by atoms with Crippen LogP contribution in [0.1, 0.15) is 24.1 Å². The lowest BCUT2D eigenvalue weighted by atomic mass is 10.0. The predicted octanol–water partition coefficient (Wildman–Crippen LogP) is 1.51. The van der Waals surface area contributed by atoms with Crippen LogP contribution in [-0.4, -0.2) is 11.2 Å². The van der Waals surface area contributed by atoms with Gasteiger partial charge in [-0.2, -0.15) is 0 Å². The van der Waals surface area contributed by atoms with Gasteiger partial charge >= 0.3 is 0 Å². The summed E-state index contributed by atoms with van der Waals surface area (Å²) in [6.45, 7) is 3.29. The second kappa shape index (κ2) is 3.85. The first-order valence-corrected chi connectivity index (χ1v) is 4.22. The van der Waals surface area contributed by atoms with E-state index in [4.69, 9.17) is 5.73 Å². The van der Waals surface area contributed by atoms with E-state index in [1.807, 2.05) is 0 Å². The van der Waals surface area contributed by atoms with E-state index in [9.17, 15) is 9.50 Å². The molecule has 3 N–H and O–H groups in total. The van der Waals surface area contributed by atoms with Crippen molar-refractivity contribution in [2.24, 2.45) is 5.73 Å². The first-order chi connectivity index (χ1) is 6.02. The standard InChI is InChI=1S/C10H14FNO/c1-6-5-8(3-4-9(6)11)10(12)7(2)13/h3-5,7,10,13H,12H2,1-2H3/t7-,10+/m0/s1. The van der Waals surface area contributed by atoms with Gasteiger partial charge in [-0.3, -0.25) is 0 Å². The molecule has 0 heterocycles. The normalized spacial score (nSPS) is 15.5. The molecule has 0 radical (unpaired) electrons. The molecule has 13 heavy (non-hydrogen) atoms.